The van der Waals surface area contributed by atoms with Crippen LogP contribution in [0.4, 0.5) is 10.1 Å². The van der Waals surface area contributed by atoms with Crippen LogP contribution in [0.5, 0.6) is 0 Å². The molecule has 0 bridgehead atoms. The average Bonchev–Trinajstić information content (AvgIpc) is 3.18. The third kappa shape index (κ3) is 5.65. The van der Waals surface area contributed by atoms with Crippen molar-refractivity contribution < 1.29 is 17.6 Å². The van der Waals surface area contributed by atoms with E-state index in [0.29, 0.717) is 25.9 Å². The number of carbonyl (C=O) groups is 1. The van der Waals surface area contributed by atoms with Gasteiger partial charge >= 0.3 is 0 Å². The molecule has 1 aliphatic carbocycles. The Hall–Kier alpha value is -1.67. The zero-order valence-electron chi connectivity index (χ0n) is 15.6. The van der Waals surface area contributed by atoms with Crippen LogP contribution < -0.4 is 10.2 Å². The molecule has 2 aliphatic rings. The minimum atomic E-state index is -3.31. The lowest BCUT2D eigenvalue weighted by atomic mass is 10.2. The molecule has 0 aromatic heterocycles. The van der Waals surface area contributed by atoms with Crippen LogP contribution in [0.1, 0.15) is 25.7 Å². The first-order chi connectivity index (χ1) is 12.9. The minimum Gasteiger partial charge on any atom is -0.369 e. The Morgan fingerprint density at radius 2 is 1.70 bits per heavy atom. The Labute approximate surface area is 160 Å². The zero-order valence-corrected chi connectivity index (χ0v) is 16.4. The van der Waals surface area contributed by atoms with Gasteiger partial charge in [0, 0.05) is 45.0 Å². The number of anilines is 1. The van der Waals surface area contributed by atoms with Gasteiger partial charge in [-0.2, -0.15) is 0 Å². The van der Waals surface area contributed by atoms with Crippen molar-refractivity contribution in [3.63, 3.8) is 0 Å². The number of carbonyl (C=O) groups excluding carboxylic acids is 1. The topological polar surface area (TPSA) is 69.7 Å². The van der Waals surface area contributed by atoms with E-state index in [1.165, 1.54) is 12.1 Å². The second-order valence-electron chi connectivity index (χ2n) is 7.37. The number of hydrogen-bond donors (Lipinski definition) is 1. The van der Waals surface area contributed by atoms with Gasteiger partial charge < -0.3 is 10.2 Å². The van der Waals surface area contributed by atoms with E-state index >= 15 is 0 Å². The summed E-state index contributed by atoms with van der Waals surface area (Å²) < 4.78 is 37.4. The minimum absolute atomic E-state index is 0.233. The highest BCUT2D eigenvalue weighted by Gasteiger charge is 2.30. The third-order valence-corrected chi connectivity index (χ3v) is 7.61. The van der Waals surface area contributed by atoms with Gasteiger partial charge in [-0.05, 0) is 37.1 Å². The van der Waals surface area contributed by atoms with E-state index in [1.807, 2.05) is 0 Å². The molecular weight excluding hydrogens is 369 g/mol. The van der Waals surface area contributed by atoms with Gasteiger partial charge in [0.2, 0.25) is 5.91 Å². The standard InChI is InChI=1S/C19H28FN3O3S/c20-16-5-7-17(8-6-16)23-13-11-22(12-14-23)10-9-21-19(24)15-27(25,26)18-3-1-2-4-18/h5-8,18H,1-4,9-15H2,(H,21,24). The molecule has 1 heterocycles. The van der Waals surface area contributed by atoms with Crippen molar-refractivity contribution >= 4 is 21.4 Å². The van der Waals surface area contributed by atoms with Crippen molar-refractivity contribution in [2.75, 3.05) is 49.9 Å². The van der Waals surface area contributed by atoms with Gasteiger partial charge in [0.05, 0.1) is 5.25 Å². The van der Waals surface area contributed by atoms with Gasteiger partial charge in [0.1, 0.15) is 11.6 Å². The third-order valence-electron chi connectivity index (χ3n) is 5.46. The van der Waals surface area contributed by atoms with Gasteiger partial charge in [-0.3, -0.25) is 9.69 Å². The number of benzene rings is 1. The first kappa shape index (κ1) is 20.1. The van der Waals surface area contributed by atoms with Crippen LogP contribution in [-0.2, 0) is 14.6 Å². The lowest BCUT2D eigenvalue weighted by molar-refractivity contribution is -0.118. The Bertz CT molecular complexity index is 725. The monoisotopic (exact) mass is 397 g/mol. The fourth-order valence-corrected chi connectivity index (χ4v) is 5.59. The lowest BCUT2D eigenvalue weighted by Gasteiger charge is -2.36. The van der Waals surface area contributed by atoms with E-state index in [4.69, 9.17) is 0 Å². The molecule has 1 aliphatic heterocycles. The number of hydrogen-bond acceptors (Lipinski definition) is 5. The Balaban J connectivity index is 1.35. The normalized spacial score (nSPS) is 19.4. The largest absolute Gasteiger partial charge is 0.369 e. The zero-order chi connectivity index (χ0) is 19.3. The van der Waals surface area contributed by atoms with Crippen LogP contribution in [0.15, 0.2) is 24.3 Å². The van der Waals surface area contributed by atoms with Crippen LogP contribution in [0.2, 0.25) is 0 Å². The van der Waals surface area contributed by atoms with Gasteiger partial charge in [-0.15, -0.1) is 0 Å². The van der Waals surface area contributed by atoms with E-state index in [9.17, 15) is 17.6 Å². The maximum Gasteiger partial charge on any atom is 0.235 e. The summed E-state index contributed by atoms with van der Waals surface area (Å²) in [4.78, 5) is 16.4. The van der Waals surface area contributed by atoms with Crippen LogP contribution in [0.25, 0.3) is 0 Å². The lowest BCUT2D eigenvalue weighted by Crippen LogP contribution is -2.48. The van der Waals surface area contributed by atoms with E-state index in [0.717, 1.165) is 44.7 Å². The molecule has 1 amide bonds. The van der Waals surface area contributed by atoms with Crippen molar-refractivity contribution in [1.29, 1.82) is 0 Å². The van der Waals surface area contributed by atoms with Crippen LogP contribution in [0.3, 0.4) is 0 Å². The Morgan fingerprint density at radius 1 is 1.07 bits per heavy atom. The Morgan fingerprint density at radius 3 is 2.33 bits per heavy atom. The summed E-state index contributed by atoms with van der Waals surface area (Å²) in [6.45, 7) is 4.55. The van der Waals surface area contributed by atoms with Crippen molar-refractivity contribution in [3.05, 3.63) is 30.1 Å². The molecule has 6 nitrogen and oxygen atoms in total. The van der Waals surface area contributed by atoms with E-state index in [-0.39, 0.29) is 11.1 Å². The SMILES string of the molecule is O=C(CS(=O)(=O)C1CCCC1)NCCN1CCN(c2ccc(F)cc2)CC1. The van der Waals surface area contributed by atoms with E-state index in [1.54, 1.807) is 12.1 Å². The number of rotatable bonds is 7. The molecule has 0 spiro atoms. The highest BCUT2D eigenvalue weighted by molar-refractivity contribution is 7.92. The number of amides is 1. The maximum atomic E-state index is 13.0. The molecule has 0 atom stereocenters. The number of nitrogens with one attached hydrogen (secondary N) is 1. The summed E-state index contributed by atoms with van der Waals surface area (Å²) in [6, 6.07) is 6.51. The van der Waals surface area contributed by atoms with Crippen LogP contribution in [0, 0.1) is 5.82 Å². The fraction of sp³-hybridized carbons (Fsp3) is 0.632. The summed E-state index contributed by atoms with van der Waals surface area (Å²) in [5.41, 5.74) is 1.02. The van der Waals surface area contributed by atoms with Crippen molar-refractivity contribution in [3.8, 4) is 0 Å². The predicted molar refractivity (Wildman–Crippen MR) is 104 cm³/mol. The van der Waals surface area contributed by atoms with Gasteiger partial charge in [0.25, 0.3) is 0 Å². The molecule has 1 N–H and O–H groups in total. The van der Waals surface area contributed by atoms with Gasteiger partial charge in [-0.25, -0.2) is 12.8 Å². The van der Waals surface area contributed by atoms with Crippen molar-refractivity contribution in [2.45, 2.75) is 30.9 Å². The molecule has 2 fully saturated rings. The number of piperazine rings is 1. The van der Waals surface area contributed by atoms with E-state index < -0.39 is 21.5 Å². The fourth-order valence-electron chi connectivity index (χ4n) is 3.83. The molecule has 0 unspecified atom stereocenters. The van der Waals surface area contributed by atoms with Crippen LogP contribution >= 0.6 is 0 Å². The highest BCUT2D eigenvalue weighted by atomic mass is 32.2. The van der Waals surface area contributed by atoms with Gasteiger partial charge in [-0.1, -0.05) is 12.8 Å². The first-order valence-corrected chi connectivity index (χ1v) is 11.4. The average molecular weight is 398 g/mol. The van der Waals surface area contributed by atoms with Gasteiger partial charge in [0.15, 0.2) is 9.84 Å². The number of halogens is 1. The summed E-state index contributed by atoms with van der Waals surface area (Å²) in [5, 5.41) is 2.41. The molecule has 150 valence electrons. The molecule has 27 heavy (non-hydrogen) atoms. The van der Waals surface area contributed by atoms with E-state index in [2.05, 4.69) is 15.1 Å². The number of sulfone groups is 1. The van der Waals surface area contributed by atoms with Crippen LogP contribution in [-0.4, -0.2) is 69.5 Å². The summed E-state index contributed by atoms with van der Waals surface area (Å²) in [6.07, 6.45) is 3.26. The quantitative estimate of drug-likeness (QED) is 0.754. The molecule has 0 radical (unpaired) electrons. The summed E-state index contributed by atoms with van der Waals surface area (Å²) in [7, 11) is -3.31. The molecule has 3 rings (SSSR count). The van der Waals surface area contributed by atoms with Crippen molar-refractivity contribution in [2.24, 2.45) is 0 Å². The second-order valence-corrected chi connectivity index (χ2v) is 9.65. The first-order valence-electron chi connectivity index (χ1n) is 9.65. The molecule has 1 saturated heterocycles. The predicted octanol–water partition coefficient (Wildman–Crippen LogP) is 1.42. The molecule has 1 aromatic rings. The second kappa shape index (κ2) is 9.01. The highest BCUT2D eigenvalue weighted by Crippen LogP contribution is 2.25. The smallest absolute Gasteiger partial charge is 0.235 e. The maximum absolute atomic E-state index is 13.0. The molecule has 1 aromatic carbocycles. The molecule has 8 heteroatoms. The molecule has 1 saturated carbocycles. The molecular formula is C19H28FN3O3S. The van der Waals surface area contributed by atoms with Crippen molar-refractivity contribution in [1.82, 2.24) is 10.2 Å². The Kier molecular flexibility index (Phi) is 6.70. The summed E-state index contributed by atoms with van der Waals surface area (Å²) >= 11 is 0. The summed E-state index contributed by atoms with van der Waals surface area (Å²) in [5.74, 6) is -1.02. The number of nitrogens with zero attached hydrogens (tertiary/aromatic N) is 2.